The molecule has 0 bridgehead atoms. The van der Waals surface area contributed by atoms with Crippen molar-refractivity contribution in [3.8, 4) is 5.88 Å². The summed E-state index contributed by atoms with van der Waals surface area (Å²) in [5.74, 6) is -0.363. The Kier molecular flexibility index (Phi) is 5.63. The van der Waals surface area contributed by atoms with Gasteiger partial charge in [-0.2, -0.15) is 5.10 Å². The molecule has 2 rings (SSSR count). The normalized spacial score (nSPS) is 10.5. The number of aromatic nitrogens is 2. The van der Waals surface area contributed by atoms with E-state index in [0.29, 0.717) is 5.69 Å². The quantitative estimate of drug-likeness (QED) is 0.287. The minimum Gasteiger partial charge on any atom is -0.494 e. The number of carbonyl (C=O) groups excluding carboxylic acids is 1. The molecule has 0 aliphatic rings. The van der Waals surface area contributed by atoms with Crippen LogP contribution in [-0.4, -0.2) is 26.9 Å². The van der Waals surface area contributed by atoms with Crippen LogP contribution in [-0.2, 0) is 6.54 Å². The standard InChI is InChI=1S/C15H15N5O3S/c1-2-8-20-13(22)11(12(21)18-15(20)24)9-16-19-14(23)17-10-6-4-3-5-7-10/h2-7,9,22H,1,8H2,(H2,17,19,23)(H,18,21,24)/b16-9+. The Morgan fingerprint density at radius 2 is 2.12 bits per heavy atom. The fourth-order valence-electron chi connectivity index (χ4n) is 1.83. The maximum Gasteiger partial charge on any atom is 0.339 e. The Morgan fingerprint density at radius 1 is 1.42 bits per heavy atom. The van der Waals surface area contributed by atoms with E-state index >= 15 is 0 Å². The molecule has 0 saturated carbocycles. The minimum absolute atomic E-state index is 0.0596. The summed E-state index contributed by atoms with van der Waals surface area (Å²) in [6.45, 7) is 3.76. The number of nitrogens with zero attached hydrogens (tertiary/aromatic N) is 2. The van der Waals surface area contributed by atoms with E-state index in [1.54, 1.807) is 24.3 Å². The summed E-state index contributed by atoms with van der Waals surface area (Å²) in [6, 6.07) is 8.18. The highest BCUT2D eigenvalue weighted by Gasteiger charge is 2.10. The van der Waals surface area contributed by atoms with E-state index in [2.05, 4.69) is 27.4 Å². The molecule has 1 heterocycles. The number of para-hydroxylation sites is 1. The molecule has 0 spiro atoms. The van der Waals surface area contributed by atoms with E-state index in [9.17, 15) is 14.7 Å². The molecule has 0 saturated heterocycles. The molecule has 2 aromatic rings. The molecule has 0 radical (unpaired) electrons. The highest BCUT2D eigenvalue weighted by molar-refractivity contribution is 7.71. The van der Waals surface area contributed by atoms with Gasteiger partial charge in [0.1, 0.15) is 5.56 Å². The van der Waals surface area contributed by atoms with Crippen LogP contribution >= 0.6 is 12.2 Å². The van der Waals surface area contributed by atoms with E-state index < -0.39 is 11.6 Å². The number of anilines is 1. The van der Waals surface area contributed by atoms with Gasteiger partial charge in [-0.15, -0.1) is 6.58 Å². The number of nitrogens with one attached hydrogen (secondary N) is 3. The highest BCUT2D eigenvalue weighted by Crippen LogP contribution is 2.11. The Balaban J connectivity index is 2.13. The van der Waals surface area contributed by atoms with Crippen LogP contribution < -0.4 is 16.3 Å². The van der Waals surface area contributed by atoms with Gasteiger partial charge in [-0.1, -0.05) is 24.3 Å². The number of hydrogen-bond donors (Lipinski definition) is 4. The zero-order chi connectivity index (χ0) is 17.5. The van der Waals surface area contributed by atoms with Crippen LogP contribution in [0.25, 0.3) is 0 Å². The third-order valence-electron chi connectivity index (χ3n) is 2.91. The highest BCUT2D eigenvalue weighted by atomic mass is 32.1. The van der Waals surface area contributed by atoms with E-state index in [-0.39, 0.29) is 22.8 Å². The van der Waals surface area contributed by atoms with Crippen LogP contribution in [0, 0.1) is 4.77 Å². The summed E-state index contributed by atoms with van der Waals surface area (Å²) in [7, 11) is 0. The number of H-pyrrole nitrogens is 1. The predicted octanol–water partition coefficient (Wildman–Crippen LogP) is 1.95. The zero-order valence-corrected chi connectivity index (χ0v) is 13.3. The molecule has 1 aromatic carbocycles. The first-order valence-electron chi connectivity index (χ1n) is 6.85. The van der Waals surface area contributed by atoms with Crippen molar-refractivity contribution in [1.82, 2.24) is 15.0 Å². The number of carbonyl (C=O) groups is 1. The van der Waals surface area contributed by atoms with Crippen LogP contribution in [0.15, 0.2) is 52.9 Å². The lowest BCUT2D eigenvalue weighted by atomic mass is 10.3. The Bertz CT molecular complexity index is 886. The Morgan fingerprint density at radius 3 is 2.79 bits per heavy atom. The van der Waals surface area contributed by atoms with Crippen molar-refractivity contribution in [3.63, 3.8) is 0 Å². The molecule has 24 heavy (non-hydrogen) atoms. The Labute approximate surface area is 142 Å². The summed E-state index contributed by atoms with van der Waals surface area (Å²) in [5.41, 5.74) is 2.04. The molecular weight excluding hydrogens is 330 g/mol. The number of allylic oxidation sites excluding steroid dienone is 1. The number of rotatable bonds is 5. The van der Waals surface area contributed by atoms with Gasteiger partial charge in [0.2, 0.25) is 5.88 Å². The van der Waals surface area contributed by atoms with E-state index in [1.807, 2.05) is 6.07 Å². The van der Waals surface area contributed by atoms with Gasteiger partial charge < -0.3 is 10.4 Å². The van der Waals surface area contributed by atoms with Gasteiger partial charge in [-0.05, 0) is 24.4 Å². The molecule has 9 heteroatoms. The van der Waals surface area contributed by atoms with Gasteiger partial charge in [0.05, 0.1) is 6.21 Å². The first kappa shape index (κ1) is 17.2. The van der Waals surface area contributed by atoms with Gasteiger partial charge >= 0.3 is 6.03 Å². The van der Waals surface area contributed by atoms with Crippen LogP contribution in [0.5, 0.6) is 5.88 Å². The van der Waals surface area contributed by atoms with Crippen LogP contribution in [0.3, 0.4) is 0 Å². The van der Waals surface area contributed by atoms with Crippen molar-refractivity contribution < 1.29 is 9.90 Å². The predicted molar refractivity (Wildman–Crippen MR) is 93.9 cm³/mol. The molecule has 0 fully saturated rings. The molecule has 0 unspecified atom stereocenters. The first-order chi connectivity index (χ1) is 11.5. The lowest BCUT2D eigenvalue weighted by Gasteiger charge is -2.08. The maximum absolute atomic E-state index is 11.8. The monoisotopic (exact) mass is 345 g/mol. The fourth-order valence-corrected chi connectivity index (χ4v) is 2.08. The van der Waals surface area contributed by atoms with Gasteiger partial charge in [0, 0.05) is 12.2 Å². The molecule has 124 valence electrons. The van der Waals surface area contributed by atoms with Crippen molar-refractivity contribution in [2.24, 2.45) is 5.10 Å². The number of hydrazone groups is 1. The summed E-state index contributed by atoms with van der Waals surface area (Å²) in [4.78, 5) is 25.9. The van der Waals surface area contributed by atoms with Gasteiger partial charge in [0.15, 0.2) is 4.77 Å². The summed E-state index contributed by atoms with van der Waals surface area (Å²) in [5, 5.41) is 16.3. The number of amides is 2. The van der Waals surface area contributed by atoms with E-state index in [0.717, 1.165) is 6.21 Å². The molecule has 0 aliphatic carbocycles. The van der Waals surface area contributed by atoms with Gasteiger partial charge in [-0.25, -0.2) is 10.2 Å². The van der Waals surface area contributed by atoms with E-state index in [4.69, 9.17) is 12.2 Å². The molecule has 0 atom stereocenters. The van der Waals surface area contributed by atoms with Crippen molar-refractivity contribution in [3.05, 3.63) is 63.7 Å². The van der Waals surface area contributed by atoms with Gasteiger partial charge in [0.25, 0.3) is 5.56 Å². The van der Waals surface area contributed by atoms with Crippen molar-refractivity contribution >= 4 is 30.2 Å². The number of urea groups is 1. The second-order valence-corrected chi connectivity index (χ2v) is 4.97. The van der Waals surface area contributed by atoms with Crippen LogP contribution in [0.4, 0.5) is 10.5 Å². The Hall–Kier alpha value is -3.20. The van der Waals surface area contributed by atoms with Crippen molar-refractivity contribution in [2.75, 3.05) is 5.32 Å². The second kappa shape index (κ2) is 7.88. The van der Waals surface area contributed by atoms with Crippen molar-refractivity contribution in [1.29, 1.82) is 0 Å². The second-order valence-electron chi connectivity index (χ2n) is 4.59. The minimum atomic E-state index is -0.619. The average Bonchev–Trinajstić information content (AvgIpc) is 2.55. The number of aromatic amines is 1. The zero-order valence-electron chi connectivity index (χ0n) is 12.5. The molecule has 1 aromatic heterocycles. The topological polar surface area (TPSA) is 112 Å². The molecular formula is C15H15N5O3S. The molecule has 0 aliphatic heterocycles. The fraction of sp³-hybridized carbons (Fsp3) is 0.0667. The first-order valence-corrected chi connectivity index (χ1v) is 7.26. The van der Waals surface area contributed by atoms with Crippen molar-refractivity contribution in [2.45, 2.75) is 6.54 Å². The third kappa shape index (κ3) is 4.17. The summed E-state index contributed by atoms with van der Waals surface area (Å²) < 4.78 is 1.33. The lowest BCUT2D eigenvalue weighted by Crippen LogP contribution is -2.25. The average molecular weight is 345 g/mol. The summed E-state index contributed by atoms with van der Waals surface area (Å²) >= 11 is 4.95. The summed E-state index contributed by atoms with van der Waals surface area (Å²) in [6.07, 6.45) is 2.55. The van der Waals surface area contributed by atoms with E-state index in [1.165, 1.54) is 10.6 Å². The number of benzene rings is 1. The number of hydrogen-bond acceptors (Lipinski definition) is 5. The molecule has 8 nitrogen and oxygen atoms in total. The SMILES string of the molecule is C=CCn1c(O)c(/C=N/NC(=O)Nc2ccccc2)c(=O)[nH]c1=S. The number of aromatic hydroxyl groups is 1. The van der Waals surface area contributed by atoms with Crippen LogP contribution in [0.2, 0.25) is 0 Å². The third-order valence-corrected chi connectivity index (χ3v) is 3.23. The molecule has 2 amide bonds. The maximum atomic E-state index is 11.8. The molecule has 4 N–H and O–H groups in total. The van der Waals surface area contributed by atoms with Crippen LogP contribution in [0.1, 0.15) is 5.56 Å². The smallest absolute Gasteiger partial charge is 0.339 e. The lowest BCUT2D eigenvalue weighted by molar-refractivity contribution is 0.252. The largest absolute Gasteiger partial charge is 0.494 e. The van der Waals surface area contributed by atoms with Gasteiger partial charge in [-0.3, -0.25) is 14.3 Å².